The van der Waals surface area contributed by atoms with Gasteiger partial charge in [-0.15, -0.1) is 11.8 Å². The molecule has 1 aromatic heterocycles. The minimum absolute atomic E-state index is 0.0423. The van der Waals surface area contributed by atoms with Gasteiger partial charge in [0.2, 0.25) is 5.91 Å². The molecule has 0 aliphatic carbocycles. The number of para-hydroxylation sites is 1. The van der Waals surface area contributed by atoms with Gasteiger partial charge in [-0.3, -0.25) is 4.79 Å². The molecule has 1 saturated heterocycles. The van der Waals surface area contributed by atoms with Crippen LogP contribution in [-0.2, 0) is 4.79 Å². The van der Waals surface area contributed by atoms with Crippen molar-refractivity contribution in [3.05, 3.63) is 42.5 Å². The first-order valence-corrected chi connectivity index (χ1v) is 11.4. The fourth-order valence-corrected chi connectivity index (χ4v) is 5.07. The van der Waals surface area contributed by atoms with Crippen LogP contribution < -0.4 is 15.0 Å². The number of aromatic nitrogens is 1. The van der Waals surface area contributed by atoms with E-state index in [1.54, 1.807) is 30.2 Å². The van der Waals surface area contributed by atoms with E-state index in [9.17, 15) is 4.79 Å². The first-order chi connectivity index (χ1) is 13.7. The second kappa shape index (κ2) is 8.41. The van der Waals surface area contributed by atoms with Crippen molar-refractivity contribution in [2.45, 2.75) is 17.7 Å². The van der Waals surface area contributed by atoms with Crippen LogP contribution in [0, 0.1) is 5.92 Å². The quantitative estimate of drug-likeness (QED) is 0.604. The topological polar surface area (TPSA) is 54.5 Å². The molecule has 28 heavy (non-hydrogen) atoms. The number of hydrogen-bond acceptors (Lipinski definition) is 6. The van der Waals surface area contributed by atoms with Crippen molar-refractivity contribution in [3.63, 3.8) is 0 Å². The summed E-state index contributed by atoms with van der Waals surface area (Å²) >= 11 is 3.33. The van der Waals surface area contributed by atoms with Crippen LogP contribution in [0.2, 0.25) is 0 Å². The summed E-state index contributed by atoms with van der Waals surface area (Å²) in [4.78, 5) is 20.9. The van der Waals surface area contributed by atoms with Crippen molar-refractivity contribution < 1.29 is 9.53 Å². The highest BCUT2D eigenvalue weighted by Crippen LogP contribution is 2.34. The van der Waals surface area contributed by atoms with Crippen LogP contribution in [0.25, 0.3) is 10.2 Å². The van der Waals surface area contributed by atoms with Crippen molar-refractivity contribution in [3.8, 4) is 5.75 Å². The Labute approximate surface area is 173 Å². The molecule has 146 valence electrons. The van der Waals surface area contributed by atoms with E-state index < -0.39 is 0 Å². The minimum Gasteiger partial charge on any atom is -0.497 e. The van der Waals surface area contributed by atoms with E-state index in [-0.39, 0.29) is 11.8 Å². The van der Waals surface area contributed by atoms with Crippen LogP contribution in [0.1, 0.15) is 12.8 Å². The molecular weight excluding hydrogens is 390 g/mol. The van der Waals surface area contributed by atoms with Crippen LogP contribution >= 0.6 is 23.1 Å². The molecule has 0 atom stereocenters. The largest absolute Gasteiger partial charge is 0.497 e. The average molecular weight is 414 g/mol. The maximum atomic E-state index is 12.7. The number of piperidine rings is 1. The van der Waals surface area contributed by atoms with Gasteiger partial charge in [0.05, 0.1) is 23.0 Å². The summed E-state index contributed by atoms with van der Waals surface area (Å²) in [7, 11) is 1.68. The number of fused-ring (bicyclic) bond motifs is 1. The molecule has 1 aliphatic rings. The maximum absolute atomic E-state index is 12.7. The summed E-state index contributed by atoms with van der Waals surface area (Å²) in [5.74, 6) is 1.01. The zero-order valence-corrected chi connectivity index (χ0v) is 17.6. The number of carbonyl (C=O) groups excluding carboxylic acids is 1. The standard InChI is InChI=1S/C21H23N3O2S2/c1-26-15-7-8-17-19(13-15)28-21(23-17)24-11-9-14(10-12-24)20(25)22-16-5-3-4-6-18(16)27-2/h3-8,13-14H,9-12H2,1-2H3,(H,22,25). The van der Waals surface area contributed by atoms with Crippen molar-refractivity contribution in [1.82, 2.24) is 4.98 Å². The zero-order chi connectivity index (χ0) is 19.5. The number of nitrogens with zero attached hydrogens (tertiary/aromatic N) is 2. The smallest absolute Gasteiger partial charge is 0.227 e. The number of hydrogen-bond donors (Lipinski definition) is 1. The number of ether oxygens (including phenoxy) is 1. The Morgan fingerprint density at radius 2 is 2.04 bits per heavy atom. The Hall–Kier alpha value is -2.25. The lowest BCUT2D eigenvalue weighted by molar-refractivity contribution is -0.120. The molecule has 0 radical (unpaired) electrons. The van der Waals surface area contributed by atoms with Crippen molar-refractivity contribution in [2.75, 3.05) is 36.7 Å². The molecule has 1 fully saturated rings. The van der Waals surface area contributed by atoms with Crippen molar-refractivity contribution in [1.29, 1.82) is 0 Å². The van der Waals surface area contributed by atoms with Gasteiger partial charge in [-0.1, -0.05) is 23.5 Å². The molecule has 2 aromatic carbocycles. The molecule has 0 bridgehead atoms. The minimum atomic E-state index is 0.0423. The zero-order valence-electron chi connectivity index (χ0n) is 16.0. The molecule has 5 nitrogen and oxygen atoms in total. The third-order valence-corrected chi connectivity index (χ3v) is 6.96. The van der Waals surface area contributed by atoms with E-state index in [0.29, 0.717) is 0 Å². The van der Waals surface area contributed by atoms with Crippen LogP contribution in [0.5, 0.6) is 5.75 Å². The number of anilines is 2. The second-order valence-electron chi connectivity index (χ2n) is 6.78. The Kier molecular flexibility index (Phi) is 5.73. The number of amides is 1. The highest BCUT2D eigenvalue weighted by Gasteiger charge is 2.27. The van der Waals surface area contributed by atoms with Gasteiger partial charge in [0.15, 0.2) is 5.13 Å². The van der Waals surface area contributed by atoms with Gasteiger partial charge in [0.1, 0.15) is 5.75 Å². The first kappa shape index (κ1) is 19.1. The van der Waals surface area contributed by atoms with Gasteiger partial charge in [-0.2, -0.15) is 0 Å². The number of rotatable bonds is 5. The molecule has 4 rings (SSSR count). The fourth-order valence-electron chi connectivity index (χ4n) is 3.47. The number of nitrogens with one attached hydrogen (secondary N) is 1. The third-order valence-electron chi connectivity index (χ3n) is 5.09. The number of carbonyl (C=O) groups is 1. The van der Waals surface area contributed by atoms with E-state index in [4.69, 9.17) is 9.72 Å². The van der Waals surface area contributed by atoms with E-state index in [2.05, 4.69) is 10.2 Å². The van der Waals surface area contributed by atoms with Gasteiger partial charge in [-0.25, -0.2) is 4.98 Å². The summed E-state index contributed by atoms with van der Waals surface area (Å²) in [6.45, 7) is 1.69. The molecule has 0 spiro atoms. The lowest BCUT2D eigenvalue weighted by Crippen LogP contribution is -2.38. The summed E-state index contributed by atoms with van der Waals surface area (Å²) in [5.41, 5.74) is 1.90. The SMILES string of the molecule is COc1ccc2nc(N3CCC(C(=O)Nc4ccccc4SC)CC3)sc2c1. The van der Waals surface area contributed by atoms with Crippen molar-refractivity contribution >= 4 is 50.0 Å². The number of thiazole rings is 1. The second-order valence-corrected chi connectivity index (χ2v) is 8.64. The Morgan fingerprint density at radius 3 is 2.79 bits per heavy atom. The predicted molar refractivity (Wildman–Crippen MR) is 118 cm³/mol. The Bertz CT molecular complexity index is 981. The average Bonchev–Trinajstić information content (AvgIpc) is 3.17. The van der Waals surface area contributed by atoms with Gasteiger partial charge in [-0.05, 0) is 49.4 Å². The monoisotopic (exact) mass is 413 g/mol. The summed E-state index contributed by atoms with van der Waals surface area (Å²) < 4.78 is 6.43. The molecule has 1 amide bonds. The van der Waals surface area contributed by atoms with Crippen LogP contribution in [-0.4, -0.2) is 37.3 Å². The molecule has 3 aromatic rings. The van der Waals surface area contributed by atoms with Crippen LogP contribution in [0.3, 0.4) is 0 Å². The van der Waals surface area contributed by atoms with E-state index in [0.717, 1.165) is 57.6 Å². The van der Waals surface area contributed by atoms with Gasteiger partial charge in [0.25, 0.3) is 0 Å². The summed E-state index contributed by atoms with van der Waals surface area (Å²) in [6.07, 6.45) is 3.70. The lowest BCUT2D eigenvalue weighted by Gasteiger charge is -2.31. The molecule has 1 aliphatic heterocycles. The maximum Gasteiger partial charge on any atom is 0.227 e. The first-order valence-electron chi connectivity index (χ1n) is 9.31. The van der Waals surface area contributed by atoms with Crippen LogP contribution in [0.15, 0.2) is 47.4 Å². The Balaban J connectivity index is 1.39. The normalized spacial score (nSPS) is 15.0. The fraction of sp³-hybridized carbons (Fsp3) is 0.333. The molecule has 7 heteroatoms. The van der Waals surface area contributed by atoms with E-state index in [1.807, 2.05) is 48.7 Å². The van der Waals surface area contributed by atoms with Gasteiger partial charge in [0, 0.05) is 23.9 Å². The molecular formula is C21H23N3O2S2. The summed E-state index contributed by atoms with van der Waals surface area (Å²) in [6, 6.07) is 13.9. The van der Waals surface area contributed by atoms with Crippen molar-refractivity contribution in [2.24, 2.45) is 5.92 Å². The third kappa shape index (κ3) is 3.95. The van der Waals surface area contributed by atoms with E-state index >= 15 is 0 Å². The molecule has 2 heterocycles. The molecule has 1 N–H and O–H groups in total. The highest BCUT2D eigenvalue weighted by molar-refractivity contribution is 7.98. The van der Waals surface area contributed by atoms with Gasteiger partial charge >= 0.3 is 0 Å². The lowest BCUT2D eigenvalue weighted by atomic mass is 9.96. The molecule has 0 unspecified atom stereocenters. The number of thioether (sulfide) groups is 1. The molecule has 0 saturated carbocycles. The Morgan fingerprint density at radius 1 is 1.25 bits per heavy atom. The number of benzene rings is 2. The predicted octanol–water partition coefficient (Wildman–Crippen LogP) is 4.88. The summed E-state index contributed by atoms with van der Waals surface area (Å²) in [5, 5.41) is 4.14. The number of methoxy groups -OCH3 is 1. The van der Waals surface area contributed by atoms with Gasteiger partial charge < -0.3 is 15.0 Å². The van der Waals surface area contributed by atoms with Crippen LogP contribution in [0.4, 0.5) is 10.8 Å². The highest BCUT2D eigenvalue weighted by atomic mass is 32.2. The van der Waals surface area contributed by atoms with E-state index in [1.165, 1.54) is 0 Å².